The van der Waals surface area contributed by atoms with E-state index in [1.54, 1.807) is 38.5 Å². The van der Waals surface area contributed by atoms with Crippen LogP contribution in [0, 0.1) is 17.8 Å². The molecule has 0 bridgehead atoms. The van der Waals surface area contributed by atoms with Crippen LogP contribution < -0.4 is 0 Å². The minimum Gasteiger partial charge on any atom is -0.0651 e. The minimum atomic E-state index is 1.07. The first-order valence-corrected chi connectivity index (χ1v) is 7.88. The predicted octanol–water partition coefficient (Wildman–Crippen LogP) is 5.56. The summed E-state index contributed by atoms with van der Waals surface area (Å²) >= 11 is 0. The molecule has 0 heteroatoms. The summed E-state index contributed by atoms with van der Waals surface area (Å²) in [5.74, 6) is 3.29. The van der Waals surface area contributed by atoms with Gasteiger partial charge in [0, 0.05) is 0 Å². The third-order valence-corrected chi connectivity index (χ3v) is 5.25. The summed E-state index contributed by atoms with van der Waals surface area (Å²) in [7, 11) is 0. The van der Waals surface area contributed by atoms with E-state index < -0.39 is 0 Å². The van der Waals surface area contributed by atoms with E-state index in [1.807, 2.05) is 0 Å². The molecular weight excluding hydrogens is 192 g/mol. The molecule has 0 spiro atoms. The van der Waals surface area contributed by atoms with Gasteiger partial charge >= 0.3 is 0 Å². The molecule has 0 atom stereocenters. The van der Waals surface area contributed by atoms with Crippen molar-refractivity contribution in [1.29, 1.82) is 0 Å². The van der Waals surface area contributed by atoms with E-state index in [0.717, 1.165) is 17.8 Å². The zero-order valence-corrected chi connectivity index (χ0v) is 11.2. The first-order chi connectivity index (χ1) is 7.88. The molecule has 0 radical (unpaired) electrons. The van der Waals surface area contributed by atoms with Gasteiger partial charge in [-0.15, -0.1) is 0 Å². The summed E-state index contributed by atoms with van der Waals surface area (Å²) in [4.78, 5) is 0. The molecule has 2 aliphatic rings. The Morgan fingerprint density at radius 3 is 1.69 bits per heavy atom. The molecule has 0 aromatic heterocycles. The van der Waals surface area contributed by atoms with Crippen LogP contribution >= 0.6 is 0 Å². The van der Waals surface area contributed by atoms with E-state index in [1.165, 1.54) is 38.5 Å². The number of hydrogen-bond acceptors (Lipinski definition) is 0. The van der Waals surface area contributed by atoms with Gasteiger partial charge in [0.15, 0.2) is 0 Å². The Morgan fingerprint density at radius 2 is 1.12 bits per heavy atom. The lowest BCUT2D eigenvalue weighted by atomic mass is 9.76. The molecule has 2 fully saturated rings. The van der Waals surface area contributed by atoms with Crippen LogP contribution in [-0.4, -0.2) is 0 Å². The first-order valence-electron chi connectivity index (χ1n) is 7.88. The summed E-state index contributed by atoms with van der Waals surface area (Å²) < 4.78 is 0. The quantitative estimate of drug-likeness (QED) is 0.584. The van der Waals surface area contributed by atoms with E-state index in [-0.39, 0.29) is 0 Å². The van der Waals surface area contributed by atoms with E-state index in [0.29, 0.717) is 0 Å². The summed E-state index contributed by atoms with van der Waals surface area (Å²) in [5.41, 5.74) is 0. The highest BCUT2D eigenvalue weighted by Crippen LogP contribution is 2.35. The third kappa shape index (κ3) is 3.79. The molecule has 16 heavy (non-hydrogen) atoms. The van der Waals surface area contributed by atoms with Crippen LogP contribution in [0.3, 0.4) is 0 Å². The van der Waals surface area contributed by atoms with Gasteiger partial charge in [0.2, 0.25) is 0 Å². The summed E-state index contributed by atoms with van der Waals surface area (Å²) in [6.45, 7) is 2.37. The van der Waals surface area contributed by atoms with Crippen LogP contribution in [0.25, 0.3) is 0 Å². The van der Waals surface area contributed by atoms with Gasteiger partial charge in [-0.2, -0.15) is 0 Å². The maximum atomic E-state index is 2.37. The molecule has 2 saturated carbocycles. The fourth-order valence-corrected chi connectivity index (χ4v) is 3.88. The smallest absolute Gasteiger partial charge is 0.0414 e. The van der Waals surface area contributed by atoms with E-state index in [9.17, 15) is 0 Å². The molecule has 0 amide bonds. The average Bonchev–Trinajstić information content (AvgIpc) is 2.38. The molecule has 0 aromatic carbocycles. The van der Waals surface area contributed by atoms with Crippen molar-refractivity contribution in [3.63, 3.8) is 0 Å². The number of rotatable bonds is 4. The Hall–Kier alpha value is 0. The second-order valence-corrected chi connectivity index (χ2v) is 6.38. The average molecular weight is 222 g/mol. The highest BCUT2D eigenvalue weighted by Gasteiger charge is 2.21. The second kappa shape index (κ2) is 6.67. The predicted molar refractivity (Wildman–Crippen MR) is 71.5 cm³/mol. The normalized spacial score (nSPS) is 32.8. The van der Waals surface area contributed by atoms with Crippen molar-refractivity contribution < 1.29 is 0 Å². The maximum absolute atomic E-state index is 2.37. The standard InChI is InChI=1S/C16H30/c1-2-14-8-10-16(11-9-14)13-12-15-6-4-3-5-7-15/h14-16H,2-13H2,1H3. The molecule has 0 aliphatic heterocycles. The Morgan fingerprint density at radius 1 is 0.625 bits per heavy atom. The molecule has 0 aromatic rings. The van der Waals surface area contributed by atoms with Gasteiger partial charge in [-0.25, -0.2) is 0 Å². The van der Waals surface area contributed by atoms with Crippen LogP contribution in [0.4, 0.5) is 0 Å². The van der Waals surface area contributed by atoms with Gasteiger partial charge in [-0.3, -0.25) is 0 Å². The maximum Gasteiger partial charge on any atom is -0.0414 e. The molecule has 0 saturated heterocycles. The van der Waals surface area contributed by atoms with Gasteiger partial charge in [0.1, 0.15) is 0 Å². The fourth-order valence-electron chi connectivity index (χ4n) is 3.88. The van der Waals surface area contributed by atoms with Gasteiger partial charge < -0.3 is 0 Å². The summed E-state index contributed by atoms with van der Waals surface area (Å²) in [6, 6.07) is 0. The summed E-state index contributed by atoms with van der Waals surface area (Å²) in [6.07, 6.45) is 18.3. The van der Waals surface area contributed by atoms with Crippen LogP contribution in [0.15, 0.2) is 0 Å². The van der Waals surface area contributed by atoms with Gasteiger partial charge in [0.05, 0.1) is 0 Å². The van der Waals surface area contributed by atoms with E-state index in [2.05, 4.69) is 6.92 Å². The van der Waals surface area contributed by atoms with Crippen molar-refractivity contribution in [2.45, 2.75) is 84.0 Å². The summed E-state index contributed by atoms with van der Waals surface area (Å²) in [5, 5.41) is 0. The molecule has 0 nitrogen and oxygen atoms in total. The molecule has 0 N–H and O–H groups in total. The van der Waals surface area contributed by atoms with Gasteiger partial charge in [-0.1, -0.05) is 84.0 Å². The second-order valence-electron chi connectivity index (χ2n) is 6.38. The lowest BCUT2D eigenvalue weighted by molar-refractivity contribution is 0.232. The topological polar surface area (TPSA) is 0 Å². The zero-order chi connectivity index (χ0) is 11.2. The highest BCUT2D eigenvalue weighted by atomic mass is 14.3. The van der Waals surface area contributed by atoms with Gasteiger partial charge in [-0.05, 0) is 17.8 Å². The van der Waals surface area contributed by atoms with Crippen LogP contribution in [-0.2, 0) is 0 Å². The van der Waals surface area contributed by atoms with Crippen molar-refractivity contribution in [2.24, 2.45) is 17.8 Å². The number of hydrogen-bond donors (Lipinski definition) is 0. The van der Waals surface area contributed by atoms with Crippen LogP contribution in [0.5, 0.6) is 0 Å². The Bertz CT molecular complexity index is 170. The van der Waals surface area contributed by atoms with Crippen molar-refractivity contribution in [1.82, 2.24) is 0 Å². The fraction of sp³-hybridized carbons (Fsp3) is 1.00. The highest BCUT2D eigenvalue weighted by molar-refractivity contribution is 4.74. The Kier molecular flexibility index (Phi) is 5.19. The van der Waals surface area contributed by atoms with Crippen molar-refractivity contribution in [2.75, 3.05) is 0 Å². The van der Waals surface area contributed by atoms with Crippen molar-refractivity contribution >= 4 is 0 Å². The molecule has 0 heterocycles. The van der Waals surface area contributed by atoms with Crippen LogP contribution in [0.1, 0.15) is 84.0 Å². The molecule has 2 aliphatic carbocycles. The minimum absolute atomic E-state index is 1.07. The van der Waals surface area contributed by atoms with E-state index in [4.69, 9.17) is 0 Å². The molecular formula is C16H30. The Labute approximate surface area is 102 Å². The lowest BCUT2D eigenvalue weighted by Gasteiger charge is -2.29. The third-order valence-electron chi connectivity index (χ3n) is 5.25. The van der Waals surface area contributed by atoms with Crippen molar-refractivity contribution in [3.8, 4) is 0 Å². The molecule has 2 rings (SSSR count). The monoisotopic (exact) mass is 222 g/mol. The first kappa shape index (κ1) is 12.5. The Balaban J connectivity index is 1.59. The lowest BCUT2D eigenvalue weighted by Crippen LogP contribution is -2.15. The van der Waals surface area contributed by atoms with Crippen molar-refractivity contribution in [3.05, 3.63) is 0 Å². The molecule has 0 unspecified atom stereocenters. The van der Waals surface area contributed by atoms with Crippen LogP contribution in [0.2, 0.25) is 0 Å². The van der Waals surface area contributed by atoms with Gasteiger partial charge in [0.25, 0.3) is 0 Å². The van der Waals surface area contributed by atoms with E-state index >= 15 is 0 Å². The largest absolute Gasteiger partial charge is 0.0651 e. The zero-order valence-electron chi connectivity index (χ0n) is 11.2. The SMILES string of the molecule is CCC1CCC(CCC2CCCCC2)CC1. The molecule has 94 valence electrons.